The predicted octanol–water partition coefficient (Wildman–Crippen LogP) is 5.86. The van der Waals surface area contributed by atoms with Gasteiger partial charge >= 0.3 is 17.9 Å². The summed E-state index contributed by atoms with van der Waals surface area (Å²) in [6.07, 6.45) is 7.35. The molecule has 12 nitrogen and oxygen atoms in total. The Morgan fingerprint density at radius 1 is 0.696 bits per heavy atom. The molecule has 0 aliphatic heterocycles. The molecular formula is C34H50N2O10. The minimum Gasteiger partial charge on any atom is -0.494 e. The maximum Gasteiger partial charge on any atom is 0.338 e. The molecule has 0 spiro atoms. The van der Waals surface area contributed by atoms with Crippen molar-refractivity contribution in [2.75, 3.05) is 13.2 Å². The zero-order chi connectivity index (χ0) is 34.3. The Kier molecular flexibility index (Phi) is 14.9. The van der Waals surface area contributed by atoms with Gasteiger partial charge < -0.3 is 34.6 Å². The minimum absolute atomic E-state index is 0.0218. The van der Waals surface area contributed by atoms with Gasteiger partial charge in [0.2, 0.25) is 17.7 Å². The number of amides is 1. The molecule has 0 aliphatic rings. The third kappa shape index (κ3) is 15.2. The van der Waals surface area contributed by atoms with Crippen LogP contribution in [0.25, 0.3) is 0 Å². The van der Waals surface area contributed by atoms with E-state index in [1.54, 1.807) is 53.7 Å². The number of carbonyl (C=O) groups excluding carboxylic acids is 4. The molecule has 12 heteroatoms. The highest BCUT2D eigenvalue weighted by Gasteiger charge is 2.23. The molecule has 1 aromatic carbocycles. The first-order valence-corrected chi connectivity index (χ1v) is 15.9. The number of nitrogens with one attached hydrogen (secondary N) is 1. The van der Waals surface area contributed by atoms with E-state index in [9.17, 15) is 29.4 Å². The van der Waals surface area contributed by atoms with Crippen LogP contribution in [0.5, 0.6) is 17.5 Å². The van der Waals surface area contributed by atoms with Crippen molar-refractivity contribution >= 4 is 23.8 Å². The van der Waals surface area contributed by atoms with E-state index in [-0.39, 0.29) is 35.2 Å². The molecule has 1 aromatic heterocycles. The van der Waals surface area contributed by atoms with Crippen molar-refractivity contribution in [3.63, 3.8) is 0 Å². The summed E-state index contributed by atoms with van der Waals surface area (Å²) in [5.74, 6) is -2.17. The molecule has 0 radical (unpaired) electrons. The van der Waals surface area contributed by atoms with Gasteiger partial charge in [0.25, 0.3) is 0 Å². The average molecular weight is 647 g/mol. The standard InChI is InChI=1S/C34H50N2O10/c1-33(2,3)44-31(41)24-21-25(32(42)45-34(4,5)6)23-26(22-24)43-20-13-11-9-7-8-10-12-15-27(37)35-19-14-16-30(40)46-36-28(38)17-18-29(36)39/h17-18,21-23,38-39H,7-16,19-20H2,1-6H3,(H,35,37). The van der Waals surface area contributed by atoms with Crippen LogP contribution in [-0.4, -0.2) is 63.1 Å². The molecule has 0 saturated carbocycles. The number of unbranched alkanes of at least 4 members (excludes halogenated alkanes) is 6. The number of benzene rings is 1. The summed E-state index contributed by atoms with van der Waals surface area (Å²) in [6.45, 7) is 11.4. The van der Waals surface area contributed by atoms with E-state index < -0.39 is 29.1 Å². The maximum atomic E-state index is 12.7. The topological polar surface area (TPSA) is 163 Å². The molecule has 0 bridgehead atoms. The summed E-state index contributed by atoms with van der Waals surface area (Å²) in [6, 6.07) is 7.02. The Bertz CT molecular complexity index is 1240. The molecule has 256 valence electrons. The summed E-state index contributed by atoms with van der Waals surface area (Å²) in [4.78, 5) is 54.1. The van der Waals surface area contributed by atoms with Gasteiger partial charge in [-0.15, -0.1) is 4.73 Å². The monoisotopic (exact) mass is 646 g/mol. The van der Waals surface area contributed by atoms with Crippen LogP contribution in [0.1, 0.15) is 126 Å². The molecule has 0 atom stereocenters. The van der Waals surface area contributed by atoms with E-state index in [0.29, 0.717) is 36.5 Å². The van der Waals surface area contributed by atoms with Crippen LogP contribution in [0, 0.1) is 0 Å². The fraction of sp³-hybridized carbons (Fsp3) is 0.588. The maximum absolute atomic E-state index is 12.7. The largest absolute Gasteiger partial charge is 0.494 e. The van der Waals surface area contributed by atoms with Crippen LogP contribution in [0.3, 0.4) is 0 Å². The number of ether oxygens (including phenoxy) is 3. The second kappa shape index (κ2) is 18.1. The lowest BCUT2D eigenvalue weighted by atomic mass is 10.1. The van der Waals surface area contributed by atoms with Gasteiger partial charge in [-0.3, -0.25) is 4.79 Å². The van der Waals surface area contributed by atoms with Crippen molar-refractivity contribution < 1.29 is 48.4 Å². The summed E-state index contributed by atoms with van der Waals surface area (Å²) < 4.78 is 17.5. The van der Waals surface area contributed by atoms with Crippen molar-refractivity contribution in [2.24, 2.45) is 0 Å². The quantitative estimate of drug-likeness (QED) is 0.132. The Labute approximate surface area is 271 Å². The summed E-state index contributed by atoms with van der Waals surface area (Å²) in [5.41, 5.74) is -0.927. The second-order valence-electron chi connectivity index (χ2n) is 13.1. The number of aromatic nitrogens is 1. The SMILES string of the molecule is CC(C)(C)OC(=O)c1cc(OCCCCCCCCCC(=O)NCCCC(=O)On2c(O)ccc2O)cc(C(=O)OC(C)(C)C)c1. The van der Waals surface area contributed by atoms with Gasteiger partial charge in [0.15, 0.2) is 0 Å². The van der Waals surface area contributed by atoms with Crippen LogP contribution in [0.15, 0.2) is 30.3 Å². The molecule has 1 heterocycles. The van der Waals surface area contributed by atoms with Crippen molar-refractivity contribution in [3.8, 4) is 17.5 Å². The molecule has 46 heavy (non-hydrogen) atoms. The lowest BCUT2D eigenvalue weighted by Gasteiger charge is -2.21. The summed E-state index contributed by atoms with van der Waals surface area (Å²) in [5, 5.41) is 21.7. The number of rotatable bonds is 18. The molecule has 1 amide bonds. The van der Waals surface area contributed by atoms with Crippen molar-refractivity contribution in [1.82, 2.24) is 10.0 Å². The molecule has 0 fully saturated rings. The third-order valence-corrected chi connectivity index (χ3v) is 6.36. The van der Waals surface area contributed by atoms with Crippen molar-refractivity contribution in [2.45, 2.75) is 117 Å². The van der Waals surface area contributed by atoms with Crippen LogP contribution in [0.4, 0.5) is 0 Å². The smallest absolute Gasteiger partial charge is 0.338 e. The highest BCUT2D eigenvalue weighted by Crippen LogP contribution is 2.23. The van der Waals surface area contributed by atoms with E-state index in [2.05, 4.69) is 5.32 Å². The molecule has 2 aromatic rings. The lowest BCUT2D eigenvalue weighted by Crippen LogP contribution is -2.25. The Morgan fingerprint density at radius 3 is 1.72 bits per heavy atom. The van der Waals surface area contributed by atoms with Gasteiger partial charge in [-0.05, 0) is 79.0 Å². The van der Waals surface area contributed by atoms with Crippen LogP contribution >= 0.6 is 0 Å². The molecule has 3 N–H and O–H groups in total. The van der Waals surface area contributed by atoms with Crippen molar-refractivity contribution in [1.29, 1.82) is 0 Å². The zero-order valence-electron chi connectivity index (χ0n) is 28.0. The molecule has 0 aliphatic carbocycles. The van der Waals surface area contributed by atoms with E-state index in [4.69, 9.17) is 19.0 Å². The van der Waals surface area contributed by atoms with Crippen LogP contribution in [-0.2, 0) is 19.1 Å². The van der Waals surface area contributed by atoms with Gasteiger partial charge in [0, 0.05) is 31.5 Å². The van der Waals surface area contributed by atoms with Crippen LogP contribution in [0.2, 0.25) is 0 Å². The van der Waals surface area contributed by atoms with Gasteiger partial charge in [0.1, 0.15) is 17.0 Å². The van der Waals surface area contributed by atoms with E-state index in [1.807, 2.05) is 0 Å². The molecular weight excluding hydrogens is 596 g/mol. The molecule has 0 unspecified atom stereocenters. The zero-order valence-corrected chi connectivity index (χ0v) is 28.0. The Morgan fingerprint density at radius 2 is 1.20 bits per heavy atom. The Balaban J connectivity index is 1.61. The third-order valence-electron chi connectivity index (χ3n) is 6.36. The van der Waals surface area contributed by atoms with Gasteiger partial charge in [-0.2, -0.15) is 0 Å². The number of carbonyl (C=O) groups is 4. The number of esters is 2. The van der Waals surface area contributed by atoms with Gasteiger partial charge in [-0.1, -0.05) is 32.1 Å². The number of hydrogen-bond acceptors (Lipinski definition) is 10. The number of aromatic hydroxyl groups is 2. The lowest BCUT2D eigenvalue weighted by molar-refractivity contribution is -0.145. The van der Waals surface area contributed by atoms with Gasteiger partial charge in [0.05, 0.1) is 17.7 Å². The van der Waals surface area contributed by atoms with Crippen LogP contribution < -0.4 is 14.9 Å². The van der Waals surface area contributed by atoms with E-state index >= 15 is 0 Å². The van der Waals surface area contributed by atoms with Gasteiger partial charge in [-0.25, -0.2) is 14.4 Å². The highest BCUT2D eigenvalue weighted by molar-refractivity contribution is 5.96. The summed E-state index contributed by atoms with van der Waals surface area (Å²) in [7, 11) is 0. The first-order chi connectivity index (χ1) is 21.5. The minimum atomic E-state index is -0.685. The highest BCUT2D eigenvalue weighted by atomic mass is 16.7. The van der Waals surface area contributed by atoms with E-state index in [0.717, 1.165) is 44.9 Å². The van der Waals surface area contributed by atoms with Crippen molar-refractivity contribution in [3.05, 3.63) is 41.5 Å². The first-order valence-electron chi connectivity index (χ1n) is 15.9. The molecule has 0 saturated heterocycles. The fourth-order valence-electron chi connectivity index (χ4n) is 4.25. The van der Waals surface area contributed by atoms with E-state index in [1.165, 1.54) is 18.2 Å². The predicted molar refractivity (Wildman–Crippen MR) is 171 cm³/mol. The molecule has 2 rings (SSSR count). The average Bonchev–Trinajstić information content (AvgIpc) is 3.26. The summed E-state index contributed by atoms with van der Waals surface area (Å²) >= 11 is 0. The first kappa shape index (κ1) is 38.0. The normalized spacial score (nSPS) is 11.5. The fourth-order valence-corrected chi connectivity index (χ4v) is 4.25. The number of hydrogen-bond donors (Lipinski definition) is 3. The number of nitrogens with zero attached hydrogens (tertiary/aromatic N) is 1. The second-order valence-corrected chi connectivity index (χ2v) is 13.1. The Hall–Kier alpha value is -4.22.